The van der Waals surface area contributed by atoms with Crippen LogP contribution in [0.2, 0.25) is 0 Å². The van der Waals surface area contributed by atoms with Gasteiger partial charge in [0.15, 0.2) is 17.3 Å². The normalized spacial score (nSPS) is 14.4. The van der Waals surface area contributed by atoms with Crippen molar-refractivity contribution in [2.24, 2.45) is 0 Å². The number of carbonyl (C=O) groups is 2. The summed E-state index contributed by atoms with van der Waals surface area (Å²) in [6.45, 7) is 0.234. The Morgan fingerprint density at radius 2 is 1.74 bits per heavy atom. The molecule has 34 heavy (non-hydrogen) atoms. The highest BCUT2D eigenvalue weighted by atomic mass is 16.5. The monoisotopic (exact) mass is 462 g/mol. The molecule has 0 unspecified atom stereocenters. The van der Waals surface area contributed by atoms with Crippen molar-refractivity contribution in [2.45, 2.75) is 44.3 Å². The van der Waals surface area contributed by atoms with Gasteiger partial charge in [-0.1, -0.05) is 49.2 Å². The van der Waals surface area contributed by atoms with E-state index in [4.69, 9.17) is 13.9 Å². The molecule has 1 saturated carbocycles. The first-order chi connectivity index (χ1) is 16.6. The molecule has 4 rings (SSSR count). The molecule has 3 aromatic rings. The van der Waals surface area contributed by atoms with E-state index in [1.165, 1.54) is 6.26 Å². The summed E-state index contributed by atoms with van der Waals surface area (Å²) < 4.78 is 16.3. The highest BCUT2D eigenvalue weighted by molar-refractivity contribution is 5.96. The third-order valence-corrected chi connectivity index (χ3v) is 6.17. The van der Waals surface area contributed by atoms with Gasteiger partial charge in [-0.15, -0.1) is 0 Å². The molecule has 2 aromatic carbocycles. The second-order valence-electron chi connectivity index (χ2n) is 8.40. The van der Waals surface area contributed by atoms with Crippen LogP contribution >= 0.6 is 0 Å². The van der Waals surface area contributed by atoms with Crippen LogP contribution in [-0.2, 0) is 11.3 Å². The molecule has 1 aliphatic carbocycles. The van der Waals surface area contributed by atoms with Crippen LogP contribution in [0, 0.1) is 0 Å². The summed E-state index contributed by atoms with van der Waals surface area (Å²) in [5.74, 6) is 0.622. The lowest BCUT2D eigenvalue weighted by Gasteiger charge is -2.32. The Morgan fingerprint density at radius 1 is 1.00 bits per heavy atom. The maximum Gasteiger partial charge on any atom is 0.290 e. The standard InChI is InChI=1S/C27H30N2O5/c1-32-22-15-14-20(17-24(22)33-2)25(26(30)28-21-11-6-7-12-21)29(18-19-9-4-3-5-10-19)27(31)23-13-8-16-34-23/h3-5,8-10,13-17,21,25H,6-7,11-12,18H2,1-2H3,(H,28,30)/t25-/m1/s1. The molecule has 1 heterocycles. The van der Waals surface area contributed by atoms with Gasteiger partial charge >= 0.3 is 0 Å². The van der Waals surface area contributed by atoms with Crippen LogP contribution in [0.3, 0.4) is 0 Å². The van der Waals surface area contributed by atoms with Crippen LogP contribution in [0.25, 0.3) is 0 Å². The molecule has 2 amide bonds. The first-order valence-electron chi connectivity index (χ1n) is 11.5. The highest BCUT2D eigenvalue weighted by Crippen LogP contribution is 2.34. The first kappa shape index (κ1) is 23.4. The maximum absolute atomic E-state index is 13.8. The Morgan fingerprint density at radius 3 is 2.38 bits per heavy atom. The topological polar surface area (TPSA) is 81.0 Å². The van der Waals surface area contributed by atoms with Gasteiger partial charge < -0.3 is 24.1 Å². The fourth-order valence-electron chi connectivity index (χ4n) is 4.45. The number of hydrogen-bond donors (Lipinski definition) is 1. The third-order valence-electron chi connectivity index (χ3n) is 6.17. The molecular formula is C27H30N2O5. The van der Waals surface area contributed by atoms with E-state index in [0.29, 0.717) is 17.1 Å². The maximum atomic E-state index is 13.8. The van der Waals surface area contributed by atoms with Crippen molar-refractivity contribution in [1.29, 1.82) is 0 Å². The number of carbonyl (C=O) groups excluding carboxylic acids is 2. The van der Waals surface area contributed by atoms with Gasteiger partial charge in [0, 0.05) is 12.6 Å². The lowest BCUT2D eigenvalue weighted by atomic mass is 10.0. The van der Waals surface area contributed by atoms with Gasteiger partial charge in [0.2, 0.25) is 5.91 Å². The average molecular weight is 463 g/mol. The molecule has 0 radical (unpaired) electrons. The lowest BCUT2D eigenvalue weighted by molar-refractivity contribution is -0.126. The number of amides is 2. The minimum absolute atomic E-state index is 0.104. The number of ether oxygens (including phenoxy) is 2. The summed E-state index contributed by atoms with van der Waals surface area (Å²) in [7, 11) is 3.11. The van der Waals surface area contributed by atoms with Gasteiger partial charge in [0.1, 0.15) is 6.04 Å². The number of furan rings is 1. The molecule has 1 aliphatic rings. The van der Waals surface area contributed by atoms with Crippen LogP contribution in [0.1, 0.15) is 53.4 Å². The summed E-state index contributed by atoms with van der Waals surface area (Å²) in [6.07, 6.45) is 5.51. The molecule has 1 fully saturated rings. The van der Waals surface area contributed by atoms with E-state index < -0.39 is 6.04 Å². The molecule has 0 bridgehead atoms. The second-order valence-corrected chi connectivity index (χ2v) is 8.40. The van der Waals surface area contributed by atoms with Crippen molar-refractivity contribution < 1.29 is 23.5 Å². The van der Waals surface area contributed by atoms with Gasteiger partial charge in [-0.25, -0.2) is 0 Å². The van der Waals surface area contributed by atoms with Crippen molar-refractivity contribution in [1.82, 2.24) is 10.2 Å². The van der Waals surface area contributed by atoms with Gasteiger partial charge in [-0.05, 0) is 48.2 Å². The van der Waals surface area contributed by atoms with Crippen molar-refractivity contribution >= 4 is 11.8 Å². The largest absolute Gasteiger partial charge is 0.493 e. The predicted octanol–water partition coefficient (Wildman–Crippen LogP) is 4.74. The van der Waals surface area contributed by atoms with Crippen LogP contribution in [0.4, 0.5) is 0 Å². The molecule has 0 spiro atoms. The highest BCUT2D eigenvalue weighted by Gasteiger charge is 2.35. The van der Waals surface area contributed by atoms with Crippen molar-refractivity contribution in [2.75, 3.05) is 14.2 Å². The van der Waals surface area contributed by atoms with Crippen LogP contribution < -0.4 is 14.8 Å². The second kappa shape index (κ2) is 10.9. The fraction of sp³-hybridized carbons (Fsp3) is 0.333. The SMILES string of the molecule is COc1ccc([C@H](C(=O)NC2CCCC2)N(Cc2ccccc2)C(=O)c2ccco2)cc1OC. The molecule has 1 aromatic heterocycles. The van der Waals surface area contributed by atoms with Gasteiger partial charge in [0.25, 0.3) is 5.91 Å². The number of nitrogens with zero attached hydrogens (tertiary/aromatic N) is 1. The Hall–Kier alpha value is -3.74. The zero-order chi connectivity index (χ0) is 23.9. The molecule has 1 atom stereocenters. The van der Waals surface area contributed by atoms with Crippen LogP contribution in [0.5, 0.6) is 11.5 Å². The predicted molar refractivity (Wildman–Crippen MR) is 128 cm³/mol. The number of rotatable bonds is 9. The summed E-state index contributed by atoms with van der Waals surface area (Å²) in [5, 5.41) is 3.17. The molecule has 0 saturated heterocycles. The zero-order valence-electron chi connectivity index (χ0n) is 19.5. The molecule has 7 heteroatoms. The Bertz CT molecular complexity index is 1090. The molecular weight excluding hydrogens is 432 g/mol. The van der Waals surface area contributed by atoms with Crippen molar-refractivity contribution in [3.8, 4) is 11.5 Å². The summed E-state index contributed by atoms with van der Waals surface area (Å²) in [5.41, 5.74) is 1.53. The van der Waals surface area contributed by atoms with E-state index in [1.54, 1.807) is 49.5 Å². The summed E-state index contributed by atoms with van der Waals surface area (Å²) in [6, 6.07) is 17.4. The van der Waals surface area contributed by atoms with E-state index >= 15 is 0 Å². The third kappa shape index (κ3) is 5.25. The molecule has 0 aliphatic heterocycles. The first-order valence-corrected chi connectivity index (χ1v) is 11.5. The fourth-order valence-corrected chi connectivity index (χ4v) is 4.45. The Kier molecular flexibility index (Phi) is 7.52. The van der Waals surface area contributed by atoms with Crippen molar-refractivity contribution in [3.05, 3.63) is 83.8 Å². The van der Waals surface area contributed by atoms with Crippen LogP contribution in [0.15, 0.2) is 71.3 Å². The summed E-state index contributed by atoms with van der Waals surface area (Å²) in [4.78, 5) is 28.9. The minimum atomic E-state index is -0.891. The minimum Gasteiger partial charge on any atom is -0.493 e. The zero-order valence-corrected chi connectivity index (χ0v) is 19.5. The molecule has 7 nitrogen and oxygen atoms in total. The van der Waals surface area contributed by atoms with Gasteiger partial charge in [-0.2, -0.15) is 0 Å². The number of benzene rings is 2. The Labute approximate surface area is 199 Å². The van der Waals surface area contributed by atoms with Gasteiger partial charge in [0.05, 0.1) is 20.5 Å². The van der Waals surface area contributed by atoms with E-state index in [1.807, 2.05) is 30.3 Å². The quantitative estimate of drug-likeness (QED) is 0.497. The molecule has 1 N–H and O–H groups in total. The smallest absolute Gasteiger partial charge is 0.290 e. The molecule has 178 valence electrons. The van der Waals surface area contributed by atoms with Crippen molar-refractivity contribution in [3.63, 3.8) is 0 Å². The van der Waals surface area contributed by atoms with Gasteiger partial charge in [-0.3, -0.25) is 9.59 Å². The van der Waals surface area contributed by atoms with E-state index in [2.05, 4.69) is 5.32 Å². The number of nitrogens with one attached hydrogen (secondary N) is 1. The average Bonchev–Trinajstić information content (AvgIpc) is 3.58. The number of hydrogen-bond acceptors (Lipinski definition) is 5. The number of methoxy groups -OCH3 is 2. The lowest BCUT2D eigenvalue weighted by Crippen LogP contribution is -2.45. The van der Waals surface area contributed by atoms with E-state index in [0.717, 1.165) is 31.2 Å². The Balaban J connectivity index is 1.77. The van der Waals surface area contributed by atoms with E-state index in [9.17, 15) is 9.59 Å². The van der Waals surface area contributed by atoms with Crippen LogP contribution in [-0.4, -0.2) is 37.0 Å². The summed E-state index contributed by atoms with van der Waals surface area (Å²) >= 11 is 0. The van der Waals surface area contributed by atoms with E-state index in [-0.39, 0.29) is 30.2 Å².